The van der Waals surface area contributed by atoms with Crippen molar-refractivity contribution in [3.05, 3.63) is 16.4 Å². The van der Waals surface area contributed by atoms with Crippen molar-refractivity contribution in [3.63, 3.8) is 0 Å². The van der Waals surface area contributed by atoms with Gasteiger partial charge in [-0.05, 0) is 25.7 Å². The van der Waals surface area contributed by atoms with E-state index >= 15 is 0 Å². The first-order valence-electron chi connectivity index (χ1n) is 6.72. The van der Waals surface area contributed by atoms with Crippen LogP contribution in [0.25, 0.3) is 0 Å². The lowest BCUT2D eigenvalue weighted by Gasteiger charge is -2.27. The second-order valence-electron chi connectivity index (χ2n) is 4.90. The third kappa shape index (κ3) is 2.45. The highest BCUT2D eigenvalue weighted by Gasteiger charge is 2.19. The van der Waals surface area contributed by atoms with E-state index in [0.717, 1.165) is 50.8 Å². The summed E-state index contributed by atoms with van der Waals surface area (Å²) < 4.78 is 5.35. The number of anilines is 1. The van der Waals surface area contributed by atoms with Crippen LogP contribution in [0.2, 0.25) is 5.15 Å². The van der Waals surface area contributed by atoms with Crippen LogP contribution in [0.15, 0.2) is 0 Å². The lowest BCUT2D eigenvalue weighted by Crippen LogP contribution is -2.37. The molecule has 0 amide bonds. The first-order valence-corrected chi connectivity index (χ1v) is 7.10. The van der Waals surface area contributed by atoms with Crippen LogP contribution in [-0.2, 0) is 17.6 Å². The van der Waals surface area contributed by atoms with E-state index in [0.29, 0.717) is 5.15 Å². The van der Waals surface area contributed by atoms with Gasteiger partial charge in [0.05, 0.1) is 18.9 Å². The highest BCUT2D eigenvalue weighted by molar-refractivity contribution is 6.30. The van der Waals surface area contributed by atoms with Crippen molar-refractivity contribution in [2.24, 2.45) is 0 Å². The van der Waals surface area contributed by atoms with Gasteiger partial charge in [-0.2, -0.15) is 0 Å². The Hall–Kier alpha value is -0.870. The summed E-state index contributed by atoms with van der Waals surface area (Å²) in [6.45, 7) is 3.21. The standard InChI is InChI=1S/C13H18ClN3O/c14-12-10-4-2-1-3-5-11(10)15-13(16-12)17-6-8-18-9-7-17/h1-9H2. The maximum absolute atomic E-state index is 6.33. The first-order chi connectivity index (χ1) is 8.84. The molecule has 0 atom stereocenters. The zero-order valence-corrected chi connectivity index (χ0v) is 11.2. The Kier molecular flexibility index (Phi) is 3.66. The van der Waals surface area contributed by atoms with Crippen molar-refractivity contribution in [2.45, 2.75) is 32.1 Å². The molecular weight excluding hydrogens is 250 g/mol. The topological polar surface area (TPSA) is 38.2 Å². The third-order valence-corrected chi connectivity index (χ3v) is 3.98. The van der Waals surface area contributed by atoms with Gasteiger partial charge in [0.2, 0.25) is 5.95 Å². The Balaban J connectivity index is 1.91. The number of morpholine rings is 1. The Labute approximate surface area is 112 Å². The molecular formula is C13H18ClN3O. The van der Waals surface area contributed by atoms with Gasteiger partial charge >= 0.3 is 0 Å². The van der Waals surface area contributed by atoms with Crippen molar-refractivity contribution >= 4 is 17.5 Å². The SMILES string of the molecule is Clc1nc(N2CCOCC2)nc2c1CCCCC2. The van der Waals surface area contributed by atoms with Crippen LogP contribution in [0, 0.1) is 0 Å². The molecule has 2 aliphatic rings. The van der Waals surface area contributed by atoms with E-state index < -0.39 is 0 Å². The molecule has 98 valence electrons. The number of hydrogen-bond donors (Lipinski definition) is 0. The van der Waals surface area contributed by atoms with Crippen LogP contribution in [0.1, 0.15) is 30.5 Å². The normalized spacial score (nSPS) is 20.4. The second-order valence-corrected chi connectivity index (χ2v) is 5.26. The van der Waals surface area contributed by atoms with Gasteiger partial charge in [0.15, 0.2) is 0 Å². The summed E-state index contributed by atoms with van der Waals surface area (Å²) in [4.78, 5) is 11.4. The number of halogens is 1. The number of aryl methyl sites for hydroxylation is 1. The average molecular weight is 268 g/mol. The molecule has 0 saturated carbocycles. The Bertz CT molecular complexity index is 432. The fourth-order valence-electron chi connectivity index (χ4n) is 2.62. The highest BCUT2D eigenvalue weighted by atomic mass is 35.5. The lowest BCUT2D eigenvalue weighted by molar-refractivity contribution is 0.122. The van der Waals surface area contributed by atoms with Crippen molar-refractivity contribution in [3.8, 4) is 0 Å². The lowest BCUT2D eigenvalue weighted by atomic mass is 10.1. The van der Waals surface area contributed by atoms with Gasteiger partial charge in [0.1, 0.15) is 5.15 Å². The molecule has 0 radical (unpaired) electrons. The molecule has 0 spiro atoms. The number of nitrogens with zero attached hydrogens (tertiary/aromatic N) is 3. The maximum Gasteiger partial charge on any atom is 0.227 e. The van der Waals surface area contributed by atoms with E-state index in [4.69, 9.17) is 21.3 Å². The molecule has 2 heterocycles. The van der Waals surface area contributed by atoms with Crippen molar-refractivity contribution in [2.75, 3.05) is 31.2 Å². The van der Waals surface area contributed by atoms with E-state index in [9.17, 15) is 0 Å². The number of ether oxygens (including phenoxy) is 1. The van der Waals surface area contributed by atoms with E-state index in [2.05, 4.69) is 9.88 Å². The molecule has 0 bridgehead atoms. The zero-order chi connectivity index (χ0) is 12.4. The van der Waals surface area contributed by atoms with Crippen LogP contribution in [-0.4, -0.2) is 36.3 Å². The van der Waals surface area contributed by atoms with Crippen molar-refractivity contribution in [1.29, 1.82) is 0 Å². The predicted molar refractivity (Wildman–Crippen MR) is 71.3 cm³/mol. The summed E-state index contributed by atoms with van der Waals surface area (Å²) in [5.74, 6) is 0.781. The van der Waals surface area contributed by atoms with Gasteiger partial charge in [-0.15, -0.1) is 0 Å². The second kappa shape index (κ2) is 5.41. The highest BCUT2D eigenvalue weighted by Crippen LogP contribution is 2.27. The molecule has 0 N–H and O–H groups in total. The molecule has 1 aliphatic heterocycles. The van der Waals surface area contributed by atoms with Crippen LogP contribution >= 0.6 is 11.6 Å². The Morgan fingerprint density at radius 3 is 2.61 bits per heavy atom. The van der Waals surface area contributed by atoms with Crippen molar-refractivity contribution in [1.82, 2.24) is 9.97 Å². The molecule has 1 fully saturated rings. The molecule has 0 unspecified atom stereocenters. The smallest absolute Gasteiger partial charge is 0.227 e. The van der Waals surface area contributed by atoms with Crippen LogP contribution in [0.3, 0.4) is 0 Å². The molecule has 1 aromatic rings. The summed E-state index contributed by atoms with van der Waals surface area (Å²) in [5, 5.41) is 0.656. The molecule has 4 nitrogen and oxygen atoms in total. The zero-order valence-electron chi connectivity index (χ0n) is 10.5. The Morgan fingerprint density at radius 1 is 1.00 bits per heavy atom. The number of aromatic nitrogens is 2. The van der Waals surface area contributed by atoms with Crippen LogP contribution in [0.4, 0.5) is 5.95 Å². The molecule has 1 saturated heterocycles. The Morgan fingerprint density at radius 2 is 1.78 bits per heavy atom. The summed E-state index contributed by atoms with van der Waals surface area (Å²) in [6.07, 6.45) is 5.74. The first kappa shape index (κ1) is 12.2. The van der Waals surface area contributed by atoms with E-state index in [1.807, 2.05) is 0 Å². The van der Waals surface area contributed by atoms with E-state index in [1.54, 1.807) is 0 Å². The van der Waals surface area contributed by atoms with Gasteiger partial charge < -0.3 is 9.64 Å². The van der Waals surface area contributed by atoms with E-state index in [1.165, 1.54) is 24.8 Å². The monoisotopic (exact) mass is 267 g/mol. The van der Waals surface area contributed by atoms with Gasteiger partial charge in [0.25, 0.3) is 0 Å². The number of fused-ring (bicyclic) bond motifs is 1. The van der Waals surface area contributed by atoms with Gasteiger partial charge in [-0.25, -0.2) is 9.97 Å². The maximum atomic E-state index is 6.33. The molecule has 3 rings (SSSR count). The van der Waals surface area contributed by atoms with Gasteiger partial charge in [0, 0.05) is 18.7 Å². The minimum atomic E-state index is 0.656. The fourth-order valence-corrected chi connectivity index (χ4v) is 2.90. The third-order valence-electron chi connectivity index (χ3n) is 3.66. The summed E-state index contributed by atoms with van der Waals surface area (Å²) in [6, 6.07) is 0. The predicted octanol–water partition coefficient (Wildman–Crippen LogP) is 2.24. The largest absolute Gasteiger partial charge is 0.378 e. The number of rotatable bonds is 1. The van der Waals surface area contributed by atoms with Crippen LogP contribution in [0.5, 0.6) is 0 Å². The van der Waals surface area contributed by atoms with Crippen molar-refractivity contribution < 1.29 is 4.74 Å². The molecule has 5 heteroatoms. The quantitative estimate of drug-likeness (QED) is 0.578. The fraction of sp³-hybridized carbons (Fsp3) is 0.692. The van der Waals surface area contributed by atoms with Gasteiger partial charge in [-0.1, -0.05) is 18.0 Å². The molecule has 1 aromatic heterocycles. The summed E-state index contributed by atoms with van der Waals surface area (Å²) in [5.41, 5.74) is 2.33. The summed E-state index contributed by atoms with van der Waals surface area (Å²) >= 11 is 6.33. The average Bonchev–Trinajstić information content (AvgIpc) is 2.65. The minimum absolute atomic E-state index is 0.656. The molecule has 0 aromatic carbocycles. The van der Waals surface area contributed by atoms with Crippen LogP contribution < -0.4 is 4.90 Å². The molecule has 1 aliphatic carbocycles. The number of hydrogen-bond acceptors (Lipinski definition) is 4. The van der Waals surface area contributed by atoms with Gasteiger partial charge in [-0.3, -0.25) is 0 Å². The molecule has 18 heavy (non-hydrogen) atoms. The van der Waals surface area contributed by atoms with E-state index in [-0.39, 0.29) is 0 Å². The minimum Gasteiger partial charge on any atom is -0.378 e. The summed E-state index contributed by atoms with van der Waals surface area (Å²) in [7, 11) is 0.